The number of amides is 1. The zero-order valence-electron chi connectivity index (χ0n) is 22.5. The normalized spacial score (nSPS) is 9.89. The van der Waals surface area contributed by atoms with Crippen molar-refractivity contribution in [1.29, 1.82) is 0 Å². The van der Waals surface area contributed by atoms with E-state index in [1.807, 2.05) is 30.3 Å². The van der Waals surface area contributed by atoms with Crippen molar-refractivity contribution in [1.82, 2.24) is 15.0 Å². The average Bonchev–Trinajstić information content (AvgIpc) is 2.95. The molecule has 0 aliphatic heterocycles. The molecule has 15 heteroatoms. The smallest absolute Gasteiger partial charge is 0.261 e. The molecule has 5 rings (SSSR count). The Morgan fingerprint density at radius 1 is 0.864 bits per heavy atom. The van der Waals surface area contributed by atoms with Gasteiger partial charge in [-0.25, -0.2) is 23.1 Å². The minimum absolute atomic E-state index is 0. The van der Waals surface area contributed by atoms with Gasteiger partial charge in [-0.3, -0.25) is 4.79 Å². The third kappa shape index (κ3) is 9.11. The Balaban J connectivity index is 0.00000225. The summed E-state index contributed by atoms with van der Waals surface area (Å²) in [6, 6.07) is 19.3. The number of nitrogens with one attached hydrogen (secondary N) is 3. The first-order valence-electron chi connectivity index (χ1n) is 12.2. The molecule has 2 aromatic heterocycles. The van der Waals surface area contributed by atoms with Crippen molar-refractivity contribution in [3.63, 3.8) is 0 Å². The van der Waals surface area contributed by atoms with Gasteiger partial charge < -0.3 is 26.4 Å². The van der Waals surface area contributed by atoms with Gasteiger partial charge in [-0.15, -0.1) is 37.2 Å². The zero-order valence-corrected chi connectivity index (χ0v) is 24.9. The molecule has 1 amide bonds. The first-order valence-corrected chi connectivity index (χ1v) is 12.2. The van der Waals surface area contributed by atoms with Crippen LogP contribution in [0.2, 0.25) is 0 Å². The van der Waals surface area contributed by atoms with E-state index in [2.05, 4.69) is 30.9 Å². The maximum Gasteiger partial charge on any atom is 0.261 e. The van der Waals surface area contributed by atoms with Crippen molar-refractivity contribution in [2.75, 3.05) is 21.7 Å². The van der Waals surface area contributed by atoms with Crippen molar-refractivity contribution < 1.29 is 22.7 Å². The van der Waals surface area contributed by atoms with E-state index in [-0.39, 0.29) is 77.5 Å². The van der Waals surface area contributed by atoms with E-state index in [0.29, 0.717) is 18.4 Å². The van der Waals surface area contributed by atoms with E-state index in [4.69, 9.17) is 10.5 Å². The summed E-state index contributed by atoms with van der Waals surface area (Å²) in [6.07, 6.45) is 2.67. The predicted octanol–water partition coefficient (Wildman–Crippen LogP) is 7.54. The number of nitrogens with two attached hydrogens (primary N) is 1. The molecule has 230 valence electrons. The lowest BCUT2D eigenvalue weighted by molar-refractivity contribution is 0.102. The van der Waals surface area contributed by atoms with Gasteiger partial charge in [0.15, 0.2) is 11.6 Å². The highest BCUT2D eigenvalue weighted by Gasteiger charge is 2.18. The second-order valence-corrected chi connectivity index (χ2v) is 8.66. The van der Waals surface area contributed by atoms with Crippen LogP contribution < -0.4 is 26.4 Å². The third-order valence-corrected chi connectivity index (χ3v) is 5.68. The topological polar surface area (TPSA) is 127 Å². The molecule has 0 saturated carbocycles. The maximum atomic E-state index is 14.9. The van der Waals surface area contributed by atoms with Gasteiger partial charge in [0.2, 0.25) is 5.95 Å². The van der Waals surface area contributed by atoms with E-state index >= 15 is 0 Å². The Labute approximate surface area is 268 Å². The number of benzene rings is 3. The van der Waals surface area contributed by atoms with Gasteiger partial charge in [-0.05, 0) is 35.9 Å². The number of pyridine rings is 1. The highest BCUT2D eigenvalue weighted by Crippen LogP contribution is 2.29. The summed E-state index contributed by atoms with van der Waals surface area (Å²) < 4.78 is 48.0. The lowest BCUT2D eigenvalue weighted by atomic mass is 10.2. The molecule has 3 aromatic carbocycles. The molecule has 0 aliphatic rings. The van der Waals surface area contributed by atoms with Crippen molar-refractivity contribution in [3.8, 4) is 11.5 Å². The monoisotopic (exact) mass is 665 g/mol. The fourth-order valence-corrected chi connectivity index (χ4v) is 3.70. The molecular formula is C29H25Cl3F3N7O2. The number of halogens is 6. The van der Waals surface area contributed by atoms with Crippen LogP contribution in [0.3, 0.4) is 0 Å². The molecule has 5 aromatic rings. The number of carbonyl (C=O) groups excluding carboxylic acids is 1. The number of hydrogen-bond donors (Lipinski definition) is 4. The number of nitrogens with zero attached hydrogens (tertiary/aromatic N) is 3. The minimum atomic E-state index is -0.955. The van der Waals surface area contributed by atoms with E-state index in [1.165, 1.54) is 36.7 Å². The lowest BCUT2D eigenvalue weighted by Crippen LogP contribution is -2.17. The van der Waals surface area contributed by atoms with Crippen LogP contribution in [0.25, 0.3) is 0 Å². The molecule has 0 fully saturated rings. The van der Waals surface area contributed by atoms with Crippen molar-refractivity contribution in [2.45, 2.75) is 6.54 Å². The molecule has 2 heterocycles. The molecular weight excluding hydrogens is 642 g/mol. The number of rotatable bonds is 9. The molecule has 9 nitrogen and oxygen atoms in total. The van der Waals surface area contributed by atoms with Crippen LogP contribution in [0.1, 0.15) is 15.9 Å². The number of anilines is 5. The van der Waals surface area contributed by atoms with Crippen LogP contribution >= 0.6 is 37.2 Å². The zero-order chi connectivity index (χ0) is 28.8. The number of ether oxygens (including phenoxy) is 1. The van der Waals surface area contributed by atoms with E-state index in [9.17, 15) is 18.0 Å². The first kappa shape index (κ1) is 35.4. The Morgan fingerprint density at radius 2 is 1.64 bits per heavy atom. The molecule has 0 unspecified atom stereocenters. The summed E-state index contributed by atoms with van der Waals surface area (Å²) in [7, 11) is 0. The number of aromatic nitrogens is 3. The fraction of sp³-hybridized carbons (Fsp3) is 0.0345. The second kappa shape index (κ2) is 16.2. The van der Waals surface area contributed by atoms with Crippen LogP contribution in [0.5, 0.6) is 11.5 Å². The number of hydrogen-bond acceptors (Lipinski definition) is 8. The molecule has 0 bridgehead atoms. The molecule has 5 N–H and O–H groups in total. The maximum absolute atomic E-state index is 14.9. The summed E-state index contributed by atoms with van der Waals surface area (Å²) in [5.74, 6) is -2.60. The van der Waals surface area contributed by atoms with Gasteiger partial charge in [0.1, 0.15) is 34.6 Å². The van der Waals surface area contributed by atoms with E-state index in [0.717, 1.165) is 23.8 Å². The second-order valence-electron chi connectivity index (χ2n) is 8.66. The van der Waals surface area contributed by atoms with Crippen LogP contribution in [-0.4, -0.2) is 20.9 Å². The lowest BCUT2D eigenvalue weighted by Gasteiger charge is -2.14. The van der Waals surface area contributed by atoms with Gasteiger partial charge in [0, 0.05) is 42.8 Å². The Hall–Kier alpha value is -4.78. The van der Waals surface area contributed by atoms with Crippen molar-refractivity contribution in [2.24, 2.45) is 0 Å². The van der Waals surface area contributed by atoms with Gasteiger partial charge in [0.05, 0.1) is 5.69 Å². The van der Waals surface area contributed by atoms with Crippen molar-refractivity contribution in [3.05, 3.63) is 120 Å². The standard InChI is InChI=1S/C29H22F3N7O2.3ClH/c30-18-6-8-24(22(31)12-18)38-28(40)21-16-36-29(35-15-17-4-2-1-3-5-17)39-27(21)37-19-7-9-25(23(32)13-19)41-20-10-11-34-26(33)14-20;;;/h1-14,16H,15H2,(H2,33,34)(H,38,40)(H2,35,36,37,39);3*1H. The van der Waals surface area contributed by atoms with Crippen LogP contribution in [0.4, 0.5) is 42.1 Å². The van der Waals surface area contributed by atoms with E-state index in [1.54, 1.807) is 0 Å². The van der Waals surface area contributed by atoms with Crippen LogP contribution in [0, 0.1) is 17.5 Å². The summed E-state index contributed by atoms with van der Waals surface area (Å²) in [6.45, 7) is 0.396. The number of carbonyl (C=O) groups is 1. The molecule has 44 heavy (non-hydrogen) atoms. The van der Waals surface area contributed by atoms with Gasteiger partial charge >= 0.3 is 0 Å². The third-order valence-electron chi connectivity index (χ3n) is 5.68. The largest absolute Gasteiger partial charge is 0.454 e. The highest BCUT2D eigenvalue weighted by molar-refractivity contribution is 6.07. The fourth-order valence-electron chi connectivity index (χ4n) is 3.70. The molecule has 0 atom stereocenters. The summed E-state index contributed by atoms with van der Waals surface area (Å²) in [5, 5.41) is 8.36. The Morgan fingerprint density at radius 3 is 2.34 bits per heavy atom. The number of nitrogen functional groups attached to an aromatic ring is 1. The molecule has 0 aliphatic carbocycles. The summed E-state index contributed by atoms with van der Waals surface area (Å²) in [5.41, 5.74) is 6.53. The summed E-state index contributed by atoms with van der Waals surface area (Å²) in [4.78, 5) is 25.5. The average molecular weight is 667 g/mol. The Kier molecular flexibility index (Phi) is 13.0. The van der Waals surface area contributed by atoms with Crippen LogP contribution in [0.15, 0.2) is 91.3 Å². The Bertz CT molecular complexity index is 1720. The van der Waals surface area contributed by atoms with Gasteiger partial charge in [-0.2, -0.15) is 4.98 Å². The highest BCUT2D eigenvalue weighted by atomic mass is 35.5. The quantitative estimate of drug-likeness (QED) is 0.127. The van der Waals surface area contributed by atoms with Crippen molar-refractivity contribution >= 4 is 72.1 Å². The van der Waals surface area contributed by atoms with Gasteiger partial charge in [0.25, 0.3) is 5.91 Å². The first-order chi connectivity index (χ1) is 19.8. The predicted molar refractivity (Wildman–Crippen MR) is 170 cm³/mol. The SMILES string of the molecule is Cl.Cl.Cl.Nc1cc(Oc2ccc(Nc3nc(NCc4ccccc4)ncc3C(=O)Nc3ccc(F)cc3F)cc2F)ccn1. The molecule has 0 saturated heterocycles. The minimum Gasteiger partial charge on any atom is -0.454 e. The summed E-state index contributed by atoms with van der Waals surface area (Å²) >= 11 is 0. The van der Waals surface area contributed by atoms with E-state index < -0.39 is 23.4 Å². The molecule has 0 spiro atoms. The molecule has 0 radical (unpaired) electrons. The van der Waals surface area contributed by atoms with Gasteiger partial charge in [-0.1, -0.05) is 30.3 Å². The van der Waals surface area contributed by atoms with Crippen LogP contribution in [-0.2, 0) is 6.54 Å².